The fourth-order valence-electron chi connectivity index (χ4n) is 2.26. The van der Waals surface area contributed by atoms with Crippen molar-refractivity contribution in [1.29, 1.82) is 0 Å². The number of nitrogens with zero attached hydrogens (tertiary/aromatic N) is 1. The Bertz CT molecular complexity index is 232. The van der Waals surface area contributed by atoms with E-state index in [2.05, 4.69) is 24.2 Å². The minimum atomic E-state index is 0.733. The van der Waals surface area contributed by atoms with E-state index in [1.807, 2.05) is 11.8 Å². The number of hydrogen-bond donors (Lipinski definition) is 1. The maximum atomic E-state index is 4.62. The van der Waals surface area contributed by atoms with Crippen LogP contribution in [0.25, 0.3) is 0 Å². The van der Waals surface area contributed by atoms with Gasteiger partial charge < -0.3 is 5.32 Å². The monoisotopic (exact) mass is 226 g/mol. The van der Waals surface area contributed by atoms with E-state index in [1.54, 1.807) is 0 Å². The van der Waals surface area contributed by atoms with Gasteiger partial charge in [0.1, 0.15) is 0 Å². The van der Waals surface area contributed by atoms with Crippen molar-refractivity contribution in [3.8, 4) is 0 Å². The maximum absolute atomic E-state index is 4.62. The van der Waals surface area contributed by atoms with Crippen LogP contribution < -0.4 is 5.32 Å². The van der Waals surface area contributed by atoms with Crippen molar-refractivity contribution in [2.24, 2.45) is 10.9 Å². The lowest BCUT2D eigenvalue weighted by Crippen LogP contribution is -2.37. The van der Waals surface area contributed by atoms with Gasteiger partial charge in [-0.05, 0) is 25.2 Å². The highest BCUT2D eigenvalue weighted by molar-refractivity contribution is 8.14. The Hall–Kier alpha value is -0.180. The van der Waals surface area contributed by atoms with Crippen molar-refractivity contribution in [2.45, 2.75) is 57.2 Å². The van der Waals surface area contributed by atoms with Crippen LogP contribution in [-0.2, 0) is 0 Å². The maximum Gasteiger partial charge on any atom is 0.157 e. The Labute approximate surface area is 97.3 Å². The normalized spacial score (nSPS) is 26.6. The highest BCUT2D eigenvalue weighted by Gasteiger charge is 2.28. The smallest absolute Gasteiger partial charge is 0.157 e. The number of hydrogen-bond acceptors (Lipinski definition) is 3. The molecular weight excluding hydrogens is 204 g/mol. The number of nitrogens with one attached hydrogen (secondary N) is 1. The molecule has 1 fully saturated rings. The van der Waals surface area contributed by atoms with Crippen molar-refractivity contribution in [2.75, 3.05) is 6.54 Å². The number of aliphatic imine (C=N–C) groups is 1. The second-order valence-corrected chi connectivity index (χ2v) is 5.88. The molecule has 2 rings (SSSR count). The van der Waals surface area contributed by atoms with Crippen molar-refractivity contribution in [3.63, 3.8) is 0 Å². The predicted molar refractivity (Wildman–Crippen MR) is 68.5 cm³/mol. The summed E-state index contributed by atoms with van der Waals surface area (Å²) in [6.07, 6.45) is 6.66. The summed E-state index contributed by atoms with van der Waals surface area (Å²) in [6, 6.07) is 0.733. The molecule has 0 radical (unpaired) electrons. The molecule has 3 heteroatoms. The molecule has 0 bridgehead atoms. The lowest BCUT2D eigenvalue weighted by Gasteiger charge is -2.27. The quantitative estimate of drug-likeness (QED) is 0.797. The van der Waals surface area contributed by atoms with Gasteiger partial charge >= 0.3 is 0 Å². The van der Waals surface area contributed by atoms with E-state index in [-0.39, 0.29) is 0 Å². The van der Waals surface area contributed by atoms with Gasteiger partial charge in [0.05, 0.1) is 6.54 Å². The zero-order valence-electron chi connectivity index (χ0n) is 9.83. The molecule has 0 aromatic carbocycles. The molecular formula is C12H22N2S. The fraction of sp³-hybridized carbons (Fsp3) is 0.917. The van der Waals surface area contributed by atoms with Gasteiger partial charge in [-0.3, -0.25) is 4.99 Å². The van der Waals surface area contributed by atoms with Crippen LogP contribution in [0.4, 0.5) is 0 Å². The third kappa shape index (κ3) is 2.68. The highest BCUT2D eigenvalue weighted by Crippen LogP contribution is 2.31. The van der Waals surface area contributed by atoms with Crippen LogP contribution in [0, 0.1) is 5.92 Å². The van der Waals surface area contributed by atoms with E-state index >= 15 is 0 Å². The molecule has 1 atom stereocenters. The standard InChI is InChI=1S/C12H22N2S/c1-3-9(4-2)11-8-13-12(15-11)14-10-6-5-7-10/h9-11H,3-8H2,1-2H3,(H,13,14). The van der Waals surface area contributed by atoms with Gasteiger partial charge in [0.2, 0.25) is 0 Å². The van der Waals surface area contributed by atoms with E-state index in [9.17, 15) is 0 Å². The molecule has 0 saturated heterocycles. The van der Waals surface area contributed by atoms with Crippen molar-refractivity contribution < 1.29 is 0 Å². The summed E-state index contributed by atoms with van der Waals surface area (Å²) < 4.78 is 0. The highest BCUT2D eigenvalue weighted by atomic mass is 32.2. The van der Waals surface area contributed by atoms with Gasteiger partial charge in [0, 0.05) is 11.3 Å². The predicted octanol–water partition coefficient (Wildman–Crippen LogP) is 3.04. The van der Waals surface area contributed by atoms with Gasteiger partial charge in [-0.2, -0.15) is 0 Å². The van der Waals surface area contributed by atoms with Crippen LogP contribution in [0.3, 0.4) is 0 Å². The minimum absolute atomic E-state index is 0.733. The van der Waals surface area contributed by atoms with Crippen LogP contribution >= 0.6 is 11.8 Å². The number of rotatable bonds is 4. The van der Waals surface area contributed by atoms with Crippen LogP contribution in [0.2, 0.25) is 0 Å². The van der Waals surface area contributed by atoms with E-state index < -0.39 is 0 Å². The second-order valence-electron chi connectivity index (χ2n) is 4.65. The molecule has 1 saturated carbocycles. The number of amidine groups is 1. The Morgan fingerprint density at radius 2 is 2.13 bits per heavy atom. The van der Waals surface area contributed by atoms with Crippen molar-refractivity contribution >= 4 is 16.9 Å². The Kier molecular flexibility index (Phi) is 3.95. The summed E-state index contributed by atoms with van der Waals surface area (Å²) in [5.74, 6) is 0.847. The van der Waals surface area contributed by atoms with Crippen LogP contribution in [0.5, 0.6) is 0 Å². The second kappa shape index (κ2) is 5.24. The first-order chi connectivity index (χ1) is 7.33. The molecule has 1 unspecified atom stereocenters. The van der Waals surface area contributed by atoms with Crippen LogP contribution in [0.1, 0.15) is 46.0 Å². The van der Waals surface area contributed by atoms with Crippen molar-refractivity contribution in [1.82, 2.24) is 5.32 Å². The Morgan fingerprint density at radius 3 is 2.67 bits per heavy atom. The van der Waals surface area contributed by atoms with Gasteiger partial charge in [0.15, 0.2) is 5.17 Å². The Balaban J connectivity index is 1.76. The lowest BCUT2D eigenvalue weighted by atomic mass is 9.93. The molecule has 1 N–H and O–H groups in total. The lowest BCUT2D eigenvalue weighted by molar-refractivity contribution is 0.385. The summed E-state index contributed by atoms with van der Waals surface area (Å²) in [7, 11) is 0. The van der Waals surface area contributed by atoms with E-state index in [1.165, 1.54) is 37.3 Å². The molecule has 2 nitrogen and oxygen atoms in total. The molecule has 0 amide bonds. The third-order valence-electron chi connectivity index (χ3n) is 3.69. The SMILES string of the molecule is CCC(CC)C1CN=C(NC2CCC2)S1. The summed E-state index contributed by atoms with van der Waals surface area (Å²) in [5, 5.41) is 5.52. The third-order valence-corrected chi connectivity index (χ3v) is 4.99. The minimum Gasteiger partial charge on any atom is -0.362 e. The zero-order chi connectivity index (χ0) is 10.7. The summed E-state index contributed by atoms with van der Waals surface area (Å²) in [5.41, 5.74) is 0. The van der Waals surface area contributed by atoms with Crippen LogP contribution in [-0.4, -0.2) is 23.0 Å². The molecule has 0 aromatic heterocycles. The molecule has 0 spiro atoms. The molecule has 15 heavy (non-hydrogen) atoms. The summed E-state index contributed by atoms with van der Waals surface area (Å²) in [6.45, 7) is 5.63. The van der Waals surface area contributed by atoms with Gasteiger partial charge in [-0.15, -0.1) is 0 Å². The molecule has 1 aliphatic heterocycles. The molecule has 0 aromatic rings. The average molecular weight is 226 g/mol. The van der Waals surface area contributed by atoms with E-state index in [4.69, 9.17) is 0 Å². The average Bonchev–Trinajstić information content (AvgIpc) is 2.62. The molecule has 2 aliphatic rings. The van der Waals surface area contributed by atoms with E-state index in [0.717, 1.165) is 23.8 Å². The summed E-state index contributed by atoms with van der Waals surface area (Å²) >= 11 is 1.98. The van der Waals surface area contributed by atoms with Gasteiger partial charge in [0.25, 0.3) is 0 Å². The van der Waals surface area contributed by atoms with Gasteiger partial charge in [-0.25, -0.2) is 0 Å². The zero-order valence-corrected chi connectivity index (χ0v) is 10.6. The van der Waals surface area contributed by atoms with E-state index in [0.29, 0.717) is 0 Å². The molecule has 1 aliphatic carbocycles. The topological polar surface area (TPSA) is 24.4 Å². The summed E-state index contributed by atoms with van der Waals surface area (Å²) in [4.78, 5) is 4.62. The first kappa shape index (κ1) is 11.3. The fourth-order valence-corrected chi connectivity index (χ4v) is 3.65. The van der Waals surface area contributed by atoms with Crippen LogP contribution in [0.15, 0.2) is 4.99 Å². The first-order valence-corrected chi connectivity index (χ1v) is 7.19. The van der Waals surface area contributed by atoms with Crippen molar-refractivity contribution in [3.05, 3.63) is 0 Å². The largest absolute Gasteiger partial charge is 0.362 e. The number of thioether (sulfide) groups is 1. The molecule has 86 valence electrons. The molecule has 1 heterocycles. The Morgan fingerprint density at radius 1 is 1.40 bits per heavy atom. The van der Waals surface area contributed by atoms with Gasteiger partial charge in [-0.1, -0.05) is 38.5 Å². The first-order valence-electron chi connectivity index (χ1n) is 6.31.